The maximum atomic E-state index is 11.1. The van der Waals surface area contributed by atoms with E-state index in [-0.39, 0.29) is 0 Å². The zero-order valence-corrected chi connectivity index (χ0v) is 8.89. The van der Waals surface area contributed by atoms with Gasteiger partial charge in [0.15, 0.2) is 0 Å². The number of hydrogen-bond acceptors (Lipinski definition) is 3. The highest BCUT2D eigenvalue weighted by molar-refractivity contribution is 5.88. The Bertz CT molecular complexity index is 245. The normalized spacial score (nSPS) is 11.5. The average Bonchev–Trinajstić information content (AvgIpc) is 1.78. The summed E-state index contributed by atoms with van der Waals surface area (Å²) in [7, 11) is 0. The summed E-state index contributed by atoms with van der Waals surface area (Å²) in [5.74, 6) is 4.40. The molecule has 74 valence electrons. The molecule has 0 radical (unpaired) electrons. The maximum absolute atomic E-state index is 11.1. The van der Waals surface area contributed by atoms with Crippen molar-refractivity contribution < 1.29 is 9.53 Å². The lowest BCUT2D eigenvalue weighted by Gasteiger charge is -2.17. The highest BCUT2D eigenvalue weighted by atomic mass is 16.6. The van der Waals surface area contributed by atoms with Crippen LogP contribution in [0.3, 0.4) is 0 Å². The van der Waals surface area contributed by atoms with Crippen LogP contribution < -0.4 is 5.73 Å². The molecule has 0 atom stereocenters. The maximum Gasteiger partial charge on any atom is 0.384 e. The van der Waals surface area contributed by atoms with Crippen LogP contribution in [0.15, 0.2) is 0 Å². The third-order valence-electron chi connectivity index (χ3n) is 0.886. The topological polar surface area (TPSA) is 52.3 Å². The Morgan fingerprint density at radius 3 is 2.00 bits per heavy atom. The molecule has 0 heterocycles. The van der Waals surface area contributed by atoms with E-state index in [9.17, 15) is 4.79 Å². The van der Waals surface area contributed by atoms with Crippen LogP contribution in [0.4, 0.5) is 0 Å². The van der Waals surface area contributed by atoms with Crippen LogP contribution in [-0.4, -0.2) is 17.1 Å². The molecule has 3 nitrogen and oxygen atoms in total. The Hall–Kier alpha value is -1.01. The van der Waals surface area contributed by atoms with Crippen molar-refractivity contribution in [2.45, 2.75) is 45.8 Å². The quantitative estimate of drug-likeness (QED) is 0.347. The number of hydrogen-bond donors (Lipinski definition) is 1. The summed E-state index contributed by atoms with van der Waals surface area (Å²) in [4.78, 5) is 11.1. The zero-order valence-electron chi connectivity index (χ0n) is 8.89. The Kier molecular flexibility index (Phi) is 3.50. The van der Waals surface area contributed by atoms with Crippen molar-refractivity contribution in [3.8, 4) is 11.8 Å². The molecule has 0 bridgehead atoms. The molecule has 0 amide bonds. The summed E-state index contributed by atoms with van der Waals surface area (Å²) in [5.41, 5.74) is 4.41. The standard InChI is InChI=1S/C10H17NO2/c1-9(2,3)13-8(12)6-7-10(4,5)11/h11H2,1-5H3. The third-order valence-corrected chi connectivity index (χ3v) is 0.886. The van der Waals surface area contributed by atoms with Gasteiger partial charge in [-0.2, -0.15) is 0 Å². The lowest BCUT2D eigenvalue weighted by atomic mass is 10.1. The molecule has 0 aliphatic heterocycles. The molecule has 13 heavy (non-hydrogen) atoms. The molecule has 0 unspecified atom stereocenters. The molecule has 0 fully saturated rings. The second-order valence-electron chi connectivity index (χ2n) is 4.47. The molecular formula is C10H17NO2. The predicted molar refractivity (Wildman–Crippen MR) is 51.9 cm³/mol. The van der Waals surface area contributed by atoms with Gasteiger partial charge in [-0.3, -0.25) is 0 Å². The molecule has 0 aromatic rings. The fourth-order valence-electron chi connectivity index (χ4n) is 0.516. The second-order valence-corrected chi connectivity index (χ2v) is 4.47. The van der Waals surface area contributed by atoms with Crippen LogP contribution in [0.5, 0.6) is 0 Å². The first-order valence-electron chi connectivity index (χ1n) is 4.15. The minimum Gasteiger partial charge on any atom is -0.450 e. The molecule has 0 rings (SSSR count). The predicted octanol–water partition coefficient (Wildman–Crippen LogP) is 1.07. The molecule has 0 aliphatic carbocycles. The van der Waals surface area contributed by atoms with Crippen molar-refractivity contribution in [3.63, 3.8) is 0 Å². The number of rotatable bonds is 0. The van der Waals surface area contributed by atoms with Crippen molar-refractivity contribution in [1.82, 2.24) is 0 Å². The van der Waals surface area contributed by atoms with Gasteiger partial charge in [0.25, 0.3) is 0 Å². The Balaban J connectivity index is 4.23. The molecule has 2 N–H and O–H groups in total. The van der Waals surface area contributed by atoms with Crippen molar-refractivity contribution in [2.24, 2.45) is 5.73 Å². The van der Waals surface area contributed by atoms with Crippen LogP contribution in [-0.2, 0) is 9.53 Å². The number of carbonyl (C=O) groups is 1. The molecule has 3 heteroatoms. The van der Waals surface area contributed by atoms with E-state index in [4.69, 9.17) is 10.5 Å². The summed E-state index contributed by atoms with van der Waals surface area (Å²) in [6.07, 6.45) is 0. The second kappa shape index (κ2) is 3.80. The number of nitrogens with two attached hydrogens (primary N) is 1. The highest BCUT2D eigenvalue weighted by Crippen LogP contribution is 2.06. The monoisotopic (exact) mass is 183 g/mol. The molecule has 0 saturated heterocycles. The van der Waals surface area contributed by atoms with E-state index in [1.54, 1.807) is 34.6 Å². The van der Waals surface area contributed by atoms with Gasteiger partial charge < -0.3 is 10.5 Å². The van der Waals surface area contributed by atoms with Crippen LogP contribution in [0.25, 0.3) is 0 Å². The molecule has 0 aliphatic rings. The summed E-state index contributed by atoms with van der Waals surface area (Å²) in [6.45, 7) is 8.83. The van der Waals surface area contributed by atoms with Gasteiger partial charge in [-0.05, 0) is 34.6 Å². The third kappa shape index (κ3) is 8.90. The molecule has 0 saturated carbocycles. The van der Waals surface area contributed by atoms with Gasteiger partial charge in [-0.25, -0.2) is 4.79 Å². The van der Waals surface area contributed by atoms with Gasteiger partial charge in [0.2, 0.25) is 0 Å². The van der Waals surface area contributed by atoms with Crippen molar-refractivity contribution in [3.05, 3.63) is 0 Å². The highest BCUT2D eigenvalue weighted by Gasteiger charge is 2.14. The Morgan fingerprint density at radius 1 is 1.23 bits per heavy atom. The van der Waals surface area contributed by atoms with E-state index in [0.717, 1.165) is 0 Å². The first-order valence-corrected chi connectivity index (χ1v) is 4.15. The smallest absolute Gasteiger partial charge is 0.384 e. The number of ether oxygens (including phenoxy) is 1. The SMILES string of the molecule is CC(C)(N)C#CC(=O)OC(C)(C)C. The van der Waals surface area contributed by atoms with Gasteiger partial charge in [0, 0.05) is 5.92 Å². The van der Waals surface area contributed by atoms with E-state index < -0.39 is 17.1 Å². The van der Waals surface area contributed by atoms with Gasteiger partial charge in [-0.1, -0.05) is 5.92 Å². The van der Waals surface area contributed by atoms with Crippen LogP contribution in [0, 0.1) is 11.8 Å². The first kappa shape index (κ1) is 12.0. The van der Waals surface area contributed by atoms with E-state index >= 15 is 0 Å². The average molecular weight is 183 g/mol. The van der Waals surface area contributed by atoms with E-state index in [2.05, 4.69) is 11.8 Å². The number of esters is 1. The van der Waals surface area contributed by atoms with Gasteiger partial charge in [0.05, 0.1) is 5.54 Å². The lowest BCUT2D eigenvalue weighted by molar-refractivity contribution is -0.147. The summed E-state index contributed by atoms with van der Waals surface area (Å²) in [5, 5.41) is 0. The Labute approximate surface area is 79.6 Å². The molecule has 0 spiro atoms. The van der Waals surface area contributed by atoms with Gasteiger partial charge >= 0.3 is 5.97 Å². The van der Waals surface area contributed by atoms with Crippen LogP contribution >= 0.6 is 0 Å². The largest absolute Gasteiger partial charge is 0.450 e. The van der Waals surface area contributed by atoms with Crippen molar-refractivity contribution in [2.75, 3.05) is 0 Å². The van der Waals surface area contributed by atoms with E-state index in [1.807, 2.05) is 0 Å². The summed E-state index contributed by atoms with van der Waals surface area (Å²) >= 11 is 0. The van der Waals surface area contributed by atoms with Gasteiger partial charge in [-0.15, -0.1) is 0 Å². The first-order chi connectivity index (χ1) is 5.60. The fourth-order valence-corrected chi connectivity index (χ4v) is 0.516. The number of carbonyl (C=O) groups excluding carboxylic acids is 1. The Morgan fingerprint density at radius 2 is 1.69 bits per heavy atom. The molecular weight excluding hydrogens is 166 g/mol. The minimum atomic E-state index is -0.656. The van der Waals surface area contributed by atoms with E-state index in [1.165, 1.54) is 0 Å². The minimum absolute atomic E-state index is 0.496. The van der Waals surface area contributed by atoms with Crippen molar-refractivity contribution in [1.29, 1.82) is 0 Å². The lowest BCUT2D eigenvalue weighted by Crippen LogP contribution is -2.30. The summed E-state index contributed by atoms with van der Waals surface area (Å²) in [6, 6.07) is 0. The van der Waals surface area contributed by atoms with Crippen molar-refractivity contribution >= 4 is 5.97 Å². The fraction of sp³-hybridized carbons (Fsp3) is 0.700. The van der Waals surface area contributed by atoms with Crippen LogP contribution in [0.1, 0.15) is 34.6 Å². The molecule has 0 aromatic heterocycles. The molecule has 0 aromatic carbocycles. The summed E-state index contributed by atoms with van der Waals surface area (Å²) < 4.78 is 4.96. The van der Waals surface area contributed by atoms with Crippen LogP contribution in [0.2, 0.25) is 0 Å². The van der Waals surface area contributed by atoms with Gasteiger partial charge in [0.1, 0.15) is 5.60 Å². The zero-order chi connectivity index (χ0) is 10.7. The van der Waals surface area contributed by atoms with E-state index in [0.29, 0.717) is 0 Å².